The van der Waals surface area contributed by atoms with Gasteiger partial charge in [-0.3, -0.25) is 5.32 Å². The first-order chi connectivity index (χ1) is 14.5. The molecule has 0 spiro atoms. The monoisotopic (exact) mass is 404 g/mol. The zero-order valence-electron chi connectivity index (χ0n) is 18.3. The molecule has 0 heterocycles. The number of nitrogens with one attached hydrogen (secondary N) is 2. The van der Waals surface area contributed by atoms with Crippen LogP contribution in [-0.2, 0) is 4.74 Å². The van der Waals surface area contributed by atoms with Crippen LogP contribution in [-0.4, -0.2) is 19.7 Å². The molecule has 2 N–H and O–H groups in total. The SMILES string of the molecule is CC(C)c1ccccc1.CCCOC(=O)Nc1ccc(NC)cc1-c1ccccc1. The molecular formula is C26H32N2O2. The normalized spacial score (nSPS) is 10.0. The van der Waals surface area contributed by atoms with Crippen LogP contribution >= 0.6 is 0 Å². The lowest BCUT2D eigenvalue weighted by Gasteiger charge is -2.13. The average Bonchev–Trinajstić information content (AvgIpc) is 2.79. The van der Waals surface area contributed by atoms with E-state index >= 15 is 0 Å². The van der Waals surface area contributed by atoms with E-state index in [1.54, 1.807) is 0 Å². The number of hydrogen-bond donors (Lipinski definition) is 2. The van der Waals surface area contributed by atoms with E-state index in [-0.39, 0.29) is 0 Å². The molecule has 0 aliphatic rings. The van der Waals surface area contributed by atoms with Crippen molar-refractivity contribution in [3.63, 3.8) is 0 Å². The first-order valence-electron chi connectivity index (χ1n) is 10.4. The number of ether oxygens (including phenoxy) is 1. The Bertz CT molecular complexity index is 893. The van der Waals surface area contributed by atoms with Gasteiger partial charge in [0.15, 0.2) is 0 Å². The molecular weight excluding hydrogens is 372 g/mol. The number of anilines is 2. The van der Waals surface area contributed by atoms with Gasteiger partial charge in [0.25, 0.3) is 0 Å². The summed E-state index contributed by atoms with van der Waals surface area (Å²) in [5.74, 6) is 0.659. The number of amides is 1. The molecule has 30 heavy (non-hydrogen) atoms. The minimum atomic E-state index is -0.425. The smallest absolute Gasteiger partial charge is 0.411 e. The lowest BCUT2D eigenvalue weighted by Crippen LogP contribution is -2.14. The van der Waals surface area contributed by atoms with Gasteiger partial charge in [0.2, 0.25) is 0 Å². The lowest BCUT2D eigenvalue weighted by molar-refractivity contribution is 0.161. The number of hydrogen-bond acceptors (Lipinski definition) is 3. The summed E-state index contributed by atoms with van der Waals surface area (Å²) in [5, 5.41) is 5.91. The average molecular weight is 405 g/mol. The van der Waals surface area contributed by atoms with Crippen LogP contribution in [0.2, 0.25) is 0 Å². The van der Waals surface area contributed by atoms with E-state index in [0.29, 0.717) is 12.5 Å². The van der Waals surface area contributed by atoms with Crippen LogP contribution in [0.3, 0.4) is 0 Å². The van der Waals surface area contributed by atoms with Gasteiger partial charge >= 0.3 is 6.09 Å². The summed E-state index contributed by atoms with van der Waals surface area (Å²) in [7, 11) is 1.87. The van der Waals surface area contributed by atoms with Crippen LogP contribution < -0.4 is 10.6 Å². The molecule has 4 nitrogen and oxygen atoms in total. The second-order valence-electron chi connectivity index (χ2n) is 7.20. The molecule has 3 aromatic carbocycles. The van der Waals surface area contributed by atoms with E-state index in [2.05, 4.69) is 48.7 Å². The third kappa shape index (κ3) is 7.28. The summed E-state index contributed by atoms with van der Waals surface area (Å²) in [5.41, 5.74) is 5.14. The highest BCUT2D eigenvalue weighted by Crippen LogP contribution is 2.30. The molecule has 0 radical (unpaired) electrons. The van der Waals surface area contributed by atoms with Crippen LogP contribution in [0.15, 0.2) is 78.9 Å². The molecule has 0 saturated carbocycles. The maximum Gasteiger partial charge on any atom is 0.411 e. The molecule has 0 aliphatic heterocycles. The van der Waals surface area contributed by atoms with Gasteiger partial charge < -0.3 is 10.1 Å². The summed E-state index contributed by atoms with van der Waals surface area (Å²) in [4.78, 5) is 11.8. The van der Waals surface area contributed by atoms with Crippen LogP contribution in [0.25, 0.3) is 11.1 Å². The topological polar surface area (TPSA) is 50.4 Å². The van der Waals surface area contributed by atoms with Gasteiger partial charge in [-0.05, 0) is 41.7 Å². The summed E-state index contributed by atoms with van der Waals surface area (Å²) in [6, 6.07) is 26.3. The first-order valence-corrected chi connectivity index (χ1v) is 10.4. The van der Waals surface area contributed by atoms with Crippen molar-refractivity contribution in [2.75, 3.05) is 24.3 Å². The second kappa shape index (κ2) is 12.3. The van der Waals surface area contributed by atoms with Crippen molar-refractivity contribution in [2.45, 2.75) is 33.1 Å². The Morgan fingerprint density at radius 3 is 2.10 bits per heavy atom. The summed E-state index contributed by atoms with van der Waals surface area (Å²) in [6.07, 6.45) is 0.378. The maximum absolute atomic E-state index is 11.8. The van der Waals surface area contributed by atoms with Gasteiger partial charge in [-0.1, -0.05) is 81.4 Å². The molecule has 0 aromatic heterocycles. The van der Waals surface area contributed by atoms with Crippen LogP contribution in [0, 0.1) is 0 Å². The third-order valence-electron chi connectivity index (χ3n) is 4.53. The summed E-state index contributed by atoms with van der Waals surface area (Å²) < 4.78 is 5.08. The fourth-order valence-corrected chi connectivity index (χ4v) is 2.84. The number of carbonyl (C=O) groups excluding carboxylic acids is 1. The van der Waals surface area contributed by atoms with E-state index in [4.69, 9.17) is 4.74 Å². The molecule has 0 aliphatic carbocycles. The number of rotatable bonds is 6. The Morgan fingerprint density at radius 2 is 1.57 bits per heavy atom. The molecule has 3 aromatic rings. The lowest BCUT2D eigenvalue weighted by atomic mass is 10.0. The van der Waals surface area contributed by atoms with Crippen molar-refractivity contribution in [1.82, 2.24) is 0 Å². The maximum atomic E-state index is 11.8. The molecule has 1 amide bonds. The van der Waals surface area contributed by atoms with E-state index in [1.807, 2.05) is 68.6 Å². The molecule has 4 heteroatoms. The quantitative estimate of drug-likeness (QED) is 0.458. The highest BCUT2D eigenvalue weighted by Gasteiger charge is 2.10. The van der Waals surface area contributed by atoms with E-state index < -0.39 is 6.09 Å². The van der Waals surface area contributed by atoms with Crippen LogP contribution in [0.5, 0.6) is 0 Å². The minimum Gasteiger partial charge on any atom is -0.449 e. The van der Waals surface area contributed by atoms with Crippen molar-refractivity contribution in [3.05, 3.63) is 84.4 Å². The Kier molecular flexibility index (Phi) is 9.46. The predicted molar refractivity (Wildman–Crippen MR) is 127 cm³/mol. The van der Waals surface area contributed by atoms with E-state index in [9.17, 15) is 4.79 Å². The number of carbonyl (C=O) groups is 1. The summed E-state index contributed by atoms with van der Waals surface area (Å²) >= 11 is 0. The van der Waals surface area contributed by atoms with Gasteiger partial charge in [-0.2, -0.15) is 0 Å². The van der Waals surface area contributed by atoms with Gasteiger partial charge in [0, 0.05) is 18.3 Å². The Hall–Kier alpha value is -3.27. The van der Waals surface area contributed by atoms with Gasteiger partial charge in [0.05, 0.1) is 12.3 Å². The zero-order chi connectivity index (χ0) is 21.8. The Labute approximate surface area is 180 Å². The van der Waals surface area contributed by atoms with Gasteiger partial charge in [-0.15, -0.1) is 0 Å². The van der Waals surface area contributed by atoms with Gasteiger partial charge in [0.1, 0.15) is 0 Å². The van der Waals surface area contributed by atoms with E-state index in [0.717, 1.165) is 28.9 Å². The molecule has 158 valence electrons. The second-order valence-corrected chi connectivity index (χ2v) is 7.20. The standard InChI is InChI=1S/C17H20N2O2.C9H12/c1-3-11-21-17(20)19-16-10-9-14(18-2)12-15(16)13-7-5-4-6-8-13;1-8(2)9-6-4-3-5-7-9/h4-10,12,18H,3,11H2,1-2H3,(H,19,20);3-8H,1-2H3. The predicted octanol–water partition coefficient (Wildman–Crippen LogP) is 7.16. The van der Waals surface area contributed by atoms with E-state index in [1.165, 1.54) is 5.56 Å². The number of benzene rings is 3. The van der Waals surface area contributed by atoms with Crippen LogP contribution in [0.1, 0.15) is 38.7 Å². The Morgan fingerprint density at radius 1 is 0.933 bits per heavy atom. The molecule has 0 bridgehead atoms. The van der Waals surface area contributed by atoms with Crippen molar-refractivity contribution in [3.8, 4) is 11.1 Å². The van der Waals surface area contributed by atoms with Crippen molar-refractivity contribution < 1.29 is 9.53 Å². The molecule has 0 atom stereocenters. The van der Waals surface area contributed by atoms with Crippen molar-refractivity contribution >= 4 is 17.5 Å². The largest absolute Gasteiger partial charge is 0.449 e. The van der Waals surface area contributed by atoms with Gasteiger partial charge in [-0.25, -0.2) is 4.79 Å². The van der Waals surface area contributed by atoms with Crippen molar-refractivity contribution in [2.24, 2.45) is 0 Å². The zero-order valence-corrected chi connectivity index (χ0v) is 18.3. The molecule has 3 rings (SSSR count). The highest BCUT2D eigenvalue weighted by molar-refractivity contribution is 5.92. The summed E-state index contributed by atoms with van der Waals surface area (Å²) in [6.45, 7) is 6.79. The Balaban J connectivity index is 0.000000297. The fourth-order valence-electron chi connectivity index (χ4n) is 2.84. The van der Waals surface area contributed by atoms with Crippen molar-refractivity contribution in [1.29, 1.82) is 0 Å². The highest BCUT2D eigenvalue weighted by atomic mass is 16.5. The minimum absolute atomic E-state index is 0.418. The first kappa shape index (κ1) is 23.0. The molecule has 0 fully saturated rings. The third-order valence-corrected chi connectivity index (χ3v) is 4.53. The molecule has 0 unspecified atom stereocenters. The van der Waals surface area contributed by atoms with Crippen LogP contribution in [0.4, 0.5) is 16.2 Å². The fraction of sp³-hybridized carbons (Fsp3) is 0.269. The molecule has 0 saturated heterocycles.